The average molecular weight is 392 g/mol. The van der Waals surface area contributed by atoms with Crippen molar-refractivity contribution in [3.8, 4) is 0 Å². The highest BCUT2D eigenvalue weighted by atomic mass is 16.5. The number of amides is 2. The van der Waals surface area contributed by atoms with Gasteiger partial charge in [-0.1, -0.05) is 31.2 Å². The third-order valence-electron chi connectivity index (χ3n) is 5.13. The van der Waals surface area contributed by atoms with Gasteiger partial charge in [0.15, 0.2) is 5.69 Å². The standard InChI is InChI=1S/C22H24N4O3/c1-2-15-8-3-4-10-17(15)24-22(28)20-25-19(18-11-5-6-12-26(18)20)21(27)23-14-16-9-7-13-29-16/h3-6,8,10-12,16H,2,7,9,13-14H2,1H3,(H,23,27)(H,24,28). The van der Waals surface area contributed by atoms with E-state index < -0.39 is 0 Å². The van der Waals surface area contributed by atoms with Gasteiger partial charge in [-0.2, -0.15) is 0 Å². The number of rotatable bonds is 6. The molecular formula is C22H24N4O3. The quantitative estimate of drug-likeness (QED) is 0.675. The lowest BCUT2D eigenvalue weighted by atomic mass is 10.1. The minimum Gasteiger partial charge on any atom is -0.376 e. The molecule has 2 amide bonds. The molecule has 0 spiro atoms. The van der Waals surface area contributed by atoms with E-state index in [2.05, 4.69) is 15.6 Å². The van der Waals surface area contributed by atoms with Gasteiger partial charge in [0, 0.05) is 25.0 Å². The third kappa shape index (κ3) is 4.00. The Labute approximate surface area is 169 Å². The molecule has 1 aromatic carbocycles. The number of fused-ring (bicyclic) bond motifs is 1. The van der Waals surface area contributed by atoms with Crippen LogP contribution in [0.25, 0.3) is 5.52 Å². The Morgan fingerprint density at radius 3 is 2.79 bits per heavy atom. The molecule has 2 aromatic heterocycles. The van der Waals surface area contributed by atoms with Crippen LogP contribution in [0.4, 0.5) is 5.69 Å². The zero-order valence-electron chi connectivity index (χ0n) is 16.4. The van der Waals surface area contributed by atoms with Gasteiger partial charge in [-0.3, -0.25) is 14.0 Å². The van der Waals surface area contributed by atoms with Crippen molar-refractivity contribution < 1.29 is 14.3 Å². The van der Waals surface area contributed by atoms with Gasteiger partial charge in [-0.15, -0.1) is 0 Å². The van der Waals surface area contributed by atoms with Gasteiger partial charge < -0.3 is 15.4 Å². The van der Waals surface area contributed by atoms with Crippen molar-refractivity contribution in [3.05, 3.63) is 65.7 Å². The Morgan fingerprint density at radius 1 is 1.17 bits per heavy atom. The first-order valence-corrected chi connectivity index (χ1v) is 9.93. The lowest BCUT2D eigenvalue weighted by molar-refractivity contribution is 0.0855. The van der Waals surface area contributed by atoms with Crippen molar-refractivity contribution in [1.29, 1.82) is 0 Å². The predicted octanol–water partition coefficient (Wildman–Crippen LogP) is 3.06. The zero-order chi connectivity index (χ0) is 20.2. The van der Waals surface area contributed by atoms with Gasteiger partial charge in [0.2, 0.25) is 5.82 Å². The monoisotopic (exact) mass is 392 g/mol. The highest BCUT2D eigenvalue weighted by Crippen LogP contribution is 2.19. The molecule has 7 heteroatoms. The molecule has 29 heavy (non-hydrogen) atoms. The van der Waals surface area contributed by atoms with Crippen LogP contribution in [0.1, 0.15) is 46.4 Å². The van der Waals surface area contributed by atoms with Crippen LogP contribution in [0, 0.1) is 0 Å². The molecule has 2 N–H and O–H groups in total. The number of para-hydroxylation sites is 1. The van der Waals surface area contributed by atoms with Crippen LogP contribution < -0.4 is 10.6 Å². The lowest BCUT2D eigenvalue weighted by Crippen LogP contribution is -2.32. The fraction of sp³-hybridized carbons (Fsp3) is 0.318. The van der Waals surface area contributed by atoms with Crippen molar-refractivity contribution in [1.82, 2.24) is 14.7 Å². The lowest BCUT2D eigenvalue weighted by Gasteiger charge is -2.09. The molecule has 1 fully saturated rings. The van der Waals surface area contributed by atoms with Gasteiger partial charge in [-0.05, 0) is 43.0 Å². The van der Waals surface area contributed by atoms with Crippen LogP contribution in [0.2, 0.25) is 0 Å². The van der Waals surface area contributed by atoms with Crippen LogP contribution in [0.3, 0.4) is 0 Å². The van der Waals surface area contributed by atoms with Crippen molar-refractivity contribution in [3.63, 3.8) is 0 Å². The fourth-order valence-corrected chi connectivity index (χ4v) is 3.59. The normalized spacial score (nSPS) is 16.1. The molecule has 0 aliphatic carbocycles. The SMILES string of the molecule is CCc1ccccc1NC(=O)c1nc(C(=O)NCC2CCCO2)c2ccccn12. The topological polar surface area (TPSA) is 84.7 Å². The van der Waals surface area contributed by atoms with Crippen molar-refractivity contribution in [2.45, 2.75) is 32.3 Å². The number of aryl methyl sites for hydroxylation is 1. The number of ether oxygens (including phenoxy) is 1. The number of nitrogens with one attached hydrogen (secondary N) is 2. The van der Waals surface area contributed by atoms with Gasteiger partial charge in [-0.25, -0.2) is 4.98 Å². The summed E-state index contributed by atoms with van der Waals surface area (Å²) in [5, 5.41) is 5.81. The molecule has 7 nitrogen and oxygen atoms in total. The Balaban J connectivity index is 1.59. The Kier molecular flexibility index (Phi) is 5.57. The molecule has 4 rings (SSSR count). The summed E-state index contributed by atoms with van der Waals surface area (Å²) < 4.78 is 7.20. The van der Waals surface area contributed by atoms with Gasteiger partial charge in [0.05, 0.1) is 11.6 Å². The third-order valence-corrected chi connectivity index (χ3v) is 5.13. The molecule has 0 radical (unpaired) electrons. The van der Waals surface area contributed by atoms with Crippen LogP contribution >= 0.6 is 0 Å². The summed E-state index contributed by atoms with van der Waals surface area (Å²) >= 11 is 0. The zero-order valence-corrected chi connectivity index (χ0v) is 16.4. The number of imidazole rings is 1. The number of benzene rings is 1. The average Bonchev–Trinajstić information content (AvgIpc) is 3.40. The number of carbonyl (C=O) groups excluding carboxylic acids is 2. The van der Waals surface area contributed by atoms with E-state index in [1.54, 1.807) is 22.7 Å². The van der Waals surface area contributed by atoms with E-state index >= 15 is 0 Å². The van der Waals surface area contributed by atoms with E-state index in [4.69, 9.17) is 4.74 Å². The molecule has 1 aliphatic rings. The number of hydrogen-bond donors (Lipinski definition) is 2. The minimum absolute atomic E-state index is 0.0427. The second kappa shape index (κ2) is 8.45. The number of aromatic nitrogens is 2. The predicted molar refractivity (Wildman–Crippen MR) is 110 cm³/mol. The van der Waals surface area contributed by atoms with Crippen LogP contribution in [0.15, 0.2) is 48.7 Å². The van der Waals surface area contributed by atoms with Gasteiger partial charge in [0.25, 0.3) is 11.8 Å². The van der Waals surface area contributed by atoms with E-state index in [9.17, 15) is 9.59 Å². The van der Waals surface area contributed by atoms with Crippen molar-refractivity contribution >= 4 is 23.0 Å². The maximum atomic E-state index is 13.0. The Hall–Kier alpha value is -3.19. The van der Waals surface area contributed by atoms with E-state index in [0.717, 1.165) is 37.1 Å². The molecule has 1 aliphatic heterocycles. The summed E-state index contributed by atoms with van der Waals surface area (Å²) in [6.07, 6.45) is 4.53. The highest BCUT2D eigenvalue weighted by molar-refractivity contribution is 6.06. The summed E-state index contributed by atoms with van der Waals surface area (Å²) in [5.74, 6) is -0.490. The first kappa shape index (κ1) is 19.1. The number of nitrogens with zero attached hydrogens (tertiary/aromatic N) is 2. The number of pyridine rings is 1. The molecule has 3 aromatic rings. The molecule has 1 unspecified atom stereocenters. The number of carbonyl (C=O) groups is 2. The summed E-state index contributed by atoms with van der Waals surface area (Å²) in [6.45, 7) is 3.21. The first-order valence-electron chi connectivity index (χ1n) is 9.93. The largest absolute Gasteiger partial charge is 0.376 e. The molecule has 0 bridgehead atoms. The summed E-state index contributed by atoms with van der Waals surface area (Å²) in [5.41, 5.74) is 2.61. The Morgan fingerprint density at radius 2 is 2.00 bits per heavy atom. The smallest absolute Gasteiger partial charge is 0.292 e. The second-order valence-electron chi connectivity index (χ2n) is 7.05. The molecule has 1 atom stereocenters. The van der Waals surface area contributed by atoms with E-state index in [1.165, 1.54) is 0 Å². The molecular weight excluding hydrogens is 368 g/mol. The van der Waals surface area contributed by atoms with E-state index in [1.807, 2.05) is 37.3 Å². The maximum absolute atomic E-state index is 13.0. The van der Waals surface area contributed by atoms with Crippen molar-refractivity contribution in [2.24, 2.45) is 0 Å². The maximum Gasteiger partial charge on any atom is 0.292 e. The summed E-state index contributed by atoms with van der Waals surface area (Å²) in [6, 6.07) is 13.1. The van der Waals surface area contributed by atoms with Gasteiger partial charge in [0.1, 0.15) is 0 Å². The molecule has 3 heterocycles. The molecule has 150 valence electrons. The van der Waals surface area contributed by atoms with Crippen molar-refractivity contribution in [2.75, 3.05) is 18.5 Å². The van der Waals surface area contributed by atoms with Gasteiger partial charge >= 0.3 is 0 Å². The summed E-state index contributed by atoms with van der Waals surface area (Å²) in [4.78, 5) is 30.1. The fourth-order valence-electron chi connectivity index (χ4n) is 3.59. The number of anilines is 1. The Bertz CT molecular complexity index is 1040. The minimum atomic E-state index is -0.356. The summed E-state index contributed by atoms with van der Waals surface area (Å²) in [7, 11) is 0. The molecule has 1 saturated heterocycles. The number of hydrogen-bond acceptors (Lipinski definition) is 4. The highest BCUT2D eigenvalue weighted by Gasteiger charge is 2.23. The second-order valence-corrected chi connectivity index (χ2v) is 7.05. The van der Waals surface area contributed by atoms with E-state index in [0.29, 0.717) is 12.1 Å². The van der Waals surface area contributed by atoms with E-state index in [-0.39, 0.29) is 29.4 Å². The first-order chi connectivity index (χ1) is 14.2. The molecule has 0 saturated carbocycles. The van der Waals surface area contributed by atoms with Crippen LogP contribution in [-0.4, -0.2) is 40.5 Å². The van der Waals surface area contributed by atoms with Crippen LogP contribution in [0.5, 0.6) is 0 Å². The van der Waals surface area contributed by atoms with Crippen LogP contribution in [-0.2, 0) is 11.2 Å².